The molecule has 1 aromatic carbocycles. The molecule has 1 aromatic rings. The standard InChI is InChI=1S/C15H23FN2/c1-3-18(12-8-9-12)11-10-15(17-2)13-6-4-5-7-14(13)16/h4-7,12,15,17H,3,8-11H2,1-2H3. The lowest BCUT2D eigenvalue weighted by Gasteiger charge is -2.24. The van der Waals surface area contributed by atoms with Crippen LogP contribution in [0.3, 0.4) is 0 Å². The Kier molecular flexibility index (Phi) is 4.72. The first-order valence-electron chi connectivity index (χ1n) is 6.92. The molecule has 0 amide bonds. The molecule has 1 aliphatic rings. The number of hydrogen-bond acceptors (Lipinski definition) is 2. The minimum atomic E-state index is -0.105. The molecule has 2 rings (SSSR count). The van der Waals surface area contributed by atoms with Crippen LogP contribution in [0.4, 0.5) is 4.39 Å². The van der Waals surface area contributed by atoms with Crippen LogP contribution in [-0.2, 0) is 0 Å². The van der Waals surface area contributed by atoms with Crippen LogP contribution in [0.5, 0.6) is 0 Å². The van der Waals surface area contributed by atoms with E-state index in [1.165, 1.54) is 18.9 Å². The number of hydrogen-bond donors (Lipinski definition) is 1. The third-order valence-electron chi connectivity index (χ3n) is 3.80. The lowest BCUT2D eigenvalue weighted by molar-refractivity contribution is 0.260. The minimum Gasteiger partial charge on any atom is -0.313 e. The van der Waals surface area contributed by atoms with E-state index in [0.717, 1.165) is 31.1 Å². The number of nitrogens with one attached hydrogen (secondary N) is 1. The minimum absolute atomic E-state index is 0.105. The van der Waals surface area contributed by atoms with E-state index in [2.05, 4.69) is 17.1 Å². The number of nitrogens with zero attached hydrogens (tertiary/aromatic N) is 1. The van der Waals surface area contributed by atoms with Crippen molar-refractivity contribution in [2.24, 2.45) is 0 Å². The van der Waals surface area contributed by atoms with Gasteiger partial charge in [0.2, 0.25) is 0 Å². The van der Waals surface area contributed by atoms with Gasteiger partial charge in [0.1, 0.15) is 5.82 Å². The Bertz CT molecular complexity index is 377. The Morgan fingerprint density at radius 1 is 1.39 bits per heavy atom. The van der Waals surface area contributed by atoms with Gasteiger partial charge in [-0.1, -0.05) is 25.1 Å². The summed E-state index contributed by atoms with van der Waals surface area (Å²) in [5.74, 6) is -0.105. The Balaban J connectivity index is 1.94. The Morgan fingerprint density at radius 3 is 2.67 bits per heavy atom. The average molecular weight is 250 g/mol. The van der Waals surface area contributed by atoms with E-state index in [-0.39, 0.29) is 11.9 Å². The highest BCUT2D eigenvalue weighted by molar-refractivity contribution is 5.21. The van der Waals surface area contributed by atoms with Crippen molar-refractivity contribution in [3.05, 3.63) is 35.6 Å². The lowest BCUT2D eigenvalue weighted by atomic mass is 10.0. The number of rotatable bonds is 7. The van der Waals surface area contributed by atoms with Crippen molar-refractivity contribution in [2.75, 3.05) is 20.1 Å². The molecule has 1 N–H and O–H groups in total. The van der Waals surface area contributed by atoms with Gasteiger partial charge in [-0.3, -0.25) is 0 Å². The third kappa shape index (κ3) is 3.30. The summed E-state index contributed by atoms with van der Waals surface area (Å²) in [6, 6.07) is 7.96. The molecule has 100 valence electrons. The van der Waals surface area contributed by atoms with Crippen molar-refractivity contribution in [1.29, 1.82) is 0 Å². The Morgan fingerprint density at radius 2 is 2.11 bits per heavy atom. The molecule has 3 heteroatoms. The second-order valence-corrected chi connectivity index (χ2v) is 5.01. The molecule has 1 fully saturated rings. The maximum absolute atomic E-state index is 13.8. The summed E-state index contributed by atoms with van der Waals surface area (Å²) < 4.78 is 13.8. The molecule has 1 atom stereocenters. The molecule has 0 heterocycles. The van der Waals surface area contributed by atoms with Gasteiger partial charge < -0.3 is 10.2 Å². The molecule has 18 heavy (non-hydrogen) atoms. The van der Waals surface area contributed by atoms with Gasteiger partial charge >= 0.3 is 0 Å². The molecule has 1 aliphatic carbocycles. The molecule has 2 nitrogen and oxygen atoms in total. The summed E-state index contributed by atoms with van der Waals surface area (Å²) in [5, 5.41) is 3.23. The van der Waals surface area contributed by atoms with Crippen LogP contribution in [0.25, 0.3) is 0 Å². The van der Waals surface area contributed by atoms with Crippen molar-refractivity contribution >= 4 is 0 Å². The summed E-state index contributed by atoms with van der Waals surface area (Å²) in [6.45, 7) is 4.34. The number of halogens is 1. The van der Waals surface area contributed by atoms with Gasteiger partial charge in [-0.15, -0.1) is 0 Å². The van der Waals surface area contributed by atoms with Crippen molar-refractivity contribution in [1.82, 2.24) is 10.2 Å². The van der Waals surface area contributed by atoms with Gasteiger partial charge in [0.15, 0.2) is 0 Å². The molecule has 0 aliphatic heterocycles. The van der Waals surface area contributed by atoms with Crippen molar-refractivity contribution < 1.29 is 4.39 Å². The lowest BCUT2D eigenvalue weighted by Crippen LogP contribution is -2.30. The largest absolute Gasteiger partial charge is 0.313 e. The quantitative estimate of drug-likeness (QED) is 0.800. The SMILES string of the molecule is CCN(CCC(NC)c1ccccc1F)C1CC1. The molecule has 0 bridgehead atoms. The molecule has 0 spiro atoms. The summed E-state index contributed by atoms with van der Waals surface area (Å²) in [7, 11) is 1.91. The van der Waals surface area contributed by atoms with Crippen LogP contribution >= 0.6 is 0 Å². The normalized spacial score (nSPS) is 17.1. The molecule has 1 saturated carbocycles. The summed E-state index contributed by atoms with van der Waals surface area (Å²) in [4.78, 5) is 2.51. The van der Waals surface area contributed by atoms with Crippen LogP contribution < -0.4 is 5.32 Å². The zero-order valence-corrected chi connectivity index (χ0v) is 11.3. The van der Waals surface area contributed by atoms with Crippen LogP contribution in [-0.4, -0.2) is 31.1 Å². The van der Waals surface area contributed by atoms with Gasteiger partial charge in [-0.05, 0) is 38.9 Å². The van der Waals surface area contributed by atoms with Crippen molar-refractivity contribution in [3.63, 3.8) is 0 Å². The molecule has 0 saturated heterocycles. The molecule has 0 radical (unpaired) electrons. The van der Waals surface area contributed by atoms with Gasteiger partial charge in [0, 0.05) is 24.2 Å². The van der Waals surface area contributed by atoms with Crippen LogP contribution in [0.15, 0.2) is 24.3 Å². The number of benzene rings is 1. The predicted octanol–water partition coefficient (Wildman–Crippen LogP) is 2.96. The van der Waals surface area contributed by atoms with E-state index >= 15 is 0 Å². The van der Waals surface area contributed by atoms with E-state index in [1.54, 1.807) is 6.07 Å². The zero-order chi connectivity index (χ0) is 13.0. The van der Waals surface area contributed by atoms with Crippen molar-refractivity contribution in [3.8, 4) is 0 Å². The fraction of sp³-hybridized carbons (Fsp3) is 0.600. The third-order valence-corrected chi connectivity index (χ3v) is 3.80. The fourth-order valence-corrected chi connectivity index (χ4v) is 2.55. The van der Waals surface area contributed by atoms with Gasteiger partial charge in [0.25, 0.3) is 0 Å². The van der Waals surface area contributed by atoms with Gasteiger partial charge in [-0.25, -0.2) is 4.39 Å². The average Bonchev–Trinajstić information content (AvgIpc) is 3.21. The van der Waals surface area contributed by atoms with E-state index in [9.17, 15) is 4.39 Å². The Hall–Kier alpha value is -0.930. The first kappa shape index (κ1) is 13.5. The highest BCUT2D eigenvalue weighted by atomic mass is 19.1. The maximum atomic E-state index is 13.8. The van der Waals surface area contributed by atoms with E-state index in [4.69, 9.17) is 0 Å². The van der Waals surface area contributed by atoms with Crippen LogP contribution in [0, 0.1) is 5.82 Å². The topological polar surface area (TPSA) is 15.3 Å². The van der Waals surface area contributed by atoms with E-state index < -0.39 is 0 Å². The second-order valence-electron chi connectivity index (χ2n) is 5.01. The van der Waals surface area contributed by atoms with Gasteiger partial charge in [-0.2, -0.15) is 0 Å². The highest BCUT2D eigenvalue weighted by Gasteiger charge is 2.28. The second kappa shape index (κ2) is 6.30. The van der Waals surface area contributed by atoms with E-state index in [0.29, 0.717) is 0 Å². The molecule has 1 unspecified atom stereocenters. The maximum Gasteiger partial charge on any atom is 0.127 e. The van der Waals surface area contributed by atoms with Crippen molar-refractivity contribution in [2.45, 2.75) is 38.3 Å². The fourth-order valence-electron chi connectivity index (χ4n) is 2.55. The zero-order valence-electron chi connectivity index (χ0n) is 11.3. The first-order valence-corrected chi connectivity index (χ1v) is 6.92. The first-order chi connectivity index (χ1) is 8.76. The van der Waals surface area contributed by atoms with Crippen LogP contribution in [0.1, 0.15) is 37.8 Å². The Labute approximate surface area is 109 Å². The summed E-state index contributed by atoms with van der Waals surface area (Å²) >= 11 is 0. The summed E-state index contributed by atoms with van der Waals surface area (Å²) in [5.41, 5.74) is 0.784. The van der Waals surface area contributed by atoms with Crippen LogP contribution in [0.2, 0.25) is 0 Å². The highest BCUT2D eigenvalue weighted by Crippen LogP contribution is 2.28. The smallest absolute Gasteiger partial charge is 0.127 e. The molecule has 0 aromatic heterocycles. The predicted molar refractivity (Wildman–Crippen MR) is 73.1 cm³/mol. The molecular weight excluding hydrogens is 227 g/mol. The summed E-state index contributed by atoms with van der Waals surface area (Å²) in [6.07, 6.45) is 3.62. The molecular formula is C15H23FN2. The van der Waals surface area contributed by atoms with E-state index in [1.807, 2.05) is 19.2 Å². The monoisotopic (exact) mass is 250 g/mol. The van der Waals surface area contributed by atoms with Gasteiger partial charge in [0.05, 0.1) is 0 Å².